The van der Waals surface area contributed by atoms with Gasteiger partial charge in [0.05, 0.1) is 5.69 Å². The van der Waals surface area contributed by atoms with Gasteiger partial charge in [0, 0.05) is 25.2 Å². The molecule has 4 nitrogen and oxygen atoms in total. The van der Waals surface area contributed by atoms with Crippen molar-refractivity contribution in [3.05, 3.63) is 29.6 Å². The van der Waals surface area contributed by atoms with Gasteiger partial charge in [-0.25, -0.2) is 9.18 Å². The van der Waals surface area contributed by atoms with Gasteiger partial charge in [-0.2, -0.15) is 0 Å². The Labute approximate surface area is 124 Å². The van der Waals surface area contributed by atoms with Crippen molar-refractivity contribution in [3.8, 4) is 0 Å². The van der Waals surface area contributed by atoms with Crippen LogP contribution in [0.3, 0.4) is 0 Å². The zero-order valence-corrected chi connectivity index (χ0v) is 12.3. The largest absolute Gasteiger partial charge is 0.478 e. The molecule has 1 aromatic carbocycles. The van der Waals surface area contributed by atoms with Gasteiger partial charge in [0.15, 0.2) is 0 Å². The number of hydrogen-bond acceptors (Lipinski definition) is 3. The number of carbonyl (C=O) groups is 1. The monoisotopic (exact) mass is 292 g/mol. The minimum Gasteiger partial charge on any atom is -0.478 e. The molecule has 0 saturated carbocycles. The zero-order chi connectivity index (χ0) is 15.0. The Morgan fingerprint density at radius 2 is 2.14 bits per heavy atom. The van der Waals surface area contributed by atoms with E-state index in [-0.39, 0.29) is 11.6 Å². The van der Waals surface area contributed by atoms with E-state index in [0.717, 1.165) is 26.1 Å². The summed E-state index contributed by atoms with van der Waals surface area (Å²) in [7, 11) is 0. The first-order valence-corrected chi connectivity index (χ1v) is 7.60. The van der Waals surface area contributed by atoms with E-state index < -0.39 is 11.8 Å². The van der Waals surface area contributed by atoms with Gasteiger partial charge in [0.1, 0.15) is 11.4 Å². The van der Waals surface area contributed by atoms with E-state index in [2.05, 4.69) is 16.7 Å². The second-order valence-corrected chi connectivity index (χ2v) is 6.09. The summed E-state index contributed by atoms with van der Waals surface area (Å²) in [5.41, 5.74) is 0.314. The Morgan fingerprint density at radius 3 is 2.90 bits per heavy atom. The maximum atomic E-state index is 13.9. The average molecular weight is 292 g/mol. The van der Waals surface area contributed by atoms with Crippen molar-refractivity contribution in [2.24, 2.45) is 0 Å². The lowest BCUT2D eigenvalue weighted by atomic mass is 9.96. The fraction of sp³-hybridized carbons (Fsp3) is 0.562. The van der Waals surface area contributed by atoms with Crippen molar-refractivity contribution in [2.75, 3.05) is 24.5 Å². The maximum absolute atomic E-state index is 13.9. The molecule has 0 aliphatic carbocycles. The minimum absolute atomic E-state index is 0.194. The number of hydrogen-bond donors (Lipinski definition) is 1. The summed E-state index contributed by atoms with van der Waals surface area (Å²) in [4.78, 5) is 16.0. The normalized spacial score (nSPS) is 26.5. The third-order valence-corrected chi connectivity index (χ3v) is 4.70. The predicted molar refractivity (Wildman–Crippen MR) is 79.4 cm³/mol. The molecule has 5 heteroatoms. The lowest BCUT2D eigenvalue weighted by Crippen LogP contribution is -2.59. The van der Waals surface area contributed by atoms with Gasteiger partial charge < -0.3 is 10.0 Å². The van der Waals surface area contributed by atoms with E-state index in [1.54, 1.807) is 12.1 Å². The van der Waals surface area contributed by atoms with Gasteiger partial charge >= 0.3 is 5.97 Å². The summed E-state index contributed by atoms with van der Waals surface area (Å²) in [6.45, 7) is 4.91. The maximum Gasteiger partial charge on any atom is 0.340 e. The summed E-state index contributed by atoms with van der Waals surface area (Å²) < 4.78 is 13.9. The van der Waals surface area contributed by atoms with Crippen LogP contribution in [0.25, 0.3) is 0 Å². The number of nitrogens with zero attached hydrogens (tertiary/aromatic N) is 2. The topological polar surface area (TPSA) is 43.8 Å². The SMILES string of the molecule is CC1CN2CCCCC2CN1c1cccc(F)c1C(=O)O. The molecule has 2 aliphatic heterocycles. The Hall–Kier alpha value is -1.62. The molecule has 2 atom stereocenters. The van der Waals surface area contributed by atoms with Crippen molar-refractivity contribution < 1.29 is 14.3 Å². The zero-order valence-electron chi connectivity index (χ0n) is 12.3. The lowest BCUT2D eigenvalue weighted by Gasteiger charge is -2.48. The molecule has 2 fully saturated rings. The van der Waals surface area contributed by atoms with Crippen LogP contribution in [0.5, 0.6) is 0 Å². The van der Waals surface area contributed by atoms with Crippen LogP contribution in [0.1, 0.15) is 36.5 Å². The standard InChI is InChI=1S/C16H21FN2O2/c1-11-9-18-8-3-2-5-12(18)10-19(11)14-7-4-6-13(17)15(14)16(20)21/h4,6-7,11-12H,2-3,5,8-10H2,1H3,(H,20,21). The molecule has 0 amide bonds. The van der Waals surface area contributed by atoms with Crippen LogP contribution >= 0.6 is 0 Å². The van der Waals surface area contributed by atoms with Crippen LogP contribution in [0.15, 0.2) is 18.2 Å². The van der Waals surface area contributed by atoms with Crippen LogP contribution in [-0.2, 0) is 0 Å². The first-order valence-electron chi connectivity index (χ1n) is 7.60. The van der Waals surface area contributed by atoms with E-state index in [0.29, 0.717) is 11.7 Å². The summed E-state index contributed by atoms with van der Waals surface area (Å²) in [6, 6.07) is 5.19. The number of halogens is 1. The number of benzene rings is 1. The third-order valence-electron chi connectivity index (χ3n) is 4.70. The third kappa shape index (κ3) is 2.62. The van der Waals surface area contributed by atoms with Gasteiger partial charge in [-0.05, 0) is 38.4 Å². The van der Waals surface area contributed by atoms with E-state index in [1.807, 2.05) is 0 Å². The number of piperazine rings is 1. The Balaban J connectivity index is 1.93. The van der Waals surface area contributed by atoms with E-state index in [9.17, 15) is 14.3 Å². The Kier molecular flexibility index (Phi) is 3.85. The lowest BCUT2D eigenvalue weighted by molar-refractivity contribution is 0.0691. The highest BCUT2D eigenvalue weighted by atomic mass is 19.1. The smallest absolute Gasteiger partial charge is 0.340 e. The van der Waals surface area contributed by atoms with Crippen molar-refractivity contribution in [3.63, 3.8) is 0 Å². The Bertz CT molecular complexity index is 549. The van der Waals surface area contributed by atoms with Crippen LogP contribution < -0.4 is 4.90 Å². The number of fused-ring (bicyclic) bond motifs is 1. The van der Waals surface area contributed by atoms with Crippen LogP contribution in [-0.4, -0.2) is 47.7 Å². The molecule has 21 heavy (non-hydrogen) atoms. The molecular weight excluding hydrogens is 271 g/mol. The van der Waals surface area contributed by atoms with Crippen LogP contribution in [0.2, 0.25) is 0 Å². The van der Waals surface area contributed by atoms with Gasteiger partial charge in [-0.15, -0.1) is 0 Å². The number of rotatable bonds is 2. The molecular formula is C16H21FN2O2. The van der Waals surface area contributed by atoms with E-state index in [4.69, 9.17) is 0 Å². The average Bonchev–Trinajstić information content (AvgIpc) is 2.45. The number of carboxylic acid groups (broad SMARTS) is 1. The first-order chi connectivity index (χ1) is 10.1. The first kappa shape index (κ1) is 14.3. The molecule has 0 radical (unpaired) electrons. The highest BCUT2D eigenvalue weighted by Crippen LogP contribution is 2.31. The fourth-order valence-electron chi connectivity index (χ4n) is 3.65. The van der Waals surface area contributed by atoms with Crippen molar-refractivity contribution in [1.29, 1.82) is 0 Å². The summed E-state index contributed by atoms with van der Waals surface area (Å²) in [5, 5.41) is 9.32. The molecule has 1 aromatic rings. The molecule has 114 valence electrons. The highest BCUT2D eigenvalue weighted by Gasteiger charge is 2.34. The molecule has 0 spiro atoms. The Morgan fingerprint density at radius 1 is 1.33 bits per heavy atom. The van der Waals surface area contributed by atoms with Gasteiger partial charge in [0.25, 0.3) is 0 Å². The van der Waals surface area contributed by atoms with Crippen molar-refractivity contribution in [2.45, 2.75) is 38.3 Å². The number of anilines is 1. The molecule has 2 heterocycles. The molecule has 1 N–H and O–H groups in total. The fourth-order valence-corrected chi connectivity index (χ4v) is 3.65. The van der Waals surface area contributed by atoms with Crippen LogP contribution in [0.4, 0.5) is 10.1 Å². The summed E-state index contributed by atoms with van der Waals surface area (Å²) >= 11 is 0. The molecule has 0 bridgehead atoms. The van der Waals surface area contributed by atoms with Crippen molar-refractivity contribution in [1.82, 2.24) is 4.90 Å². The van der Waals surface area contributed by atoms with Crippen molar-refractivity contribution >= 4 is 11.7 Å². The molecule has 0 aromatic heterocycles. The molecule has 3 rings (SSSR count). The van der Waals surface area contributed by atoms with E-state index >= 15 is 0 Å². The minimum atomic E-state index is -1.19. The second kappa shape index (κ2) is 5.64. The van der Waals surface area contributed by atoms with Crippen LogP contribution in [0, 0.1) is 5.82 Å². The van der Waals surface area contributed by atoms with Gasteiger partial charge in [-0.1, -0.05) is 12.5 Å². The summed E-state index contributed by atoms with van der Waals surface area (Å²) in [6.07, 6.45) is 3.60. The highest BCUT2D eigenvalue weighted by molar-refractivity contribution is 5.94. The van der Waals surface area contributed by atoms with E-state index in [1.165, 1.54) is 18.9 Å². The predicted octanol–water partition coefficient (Wildman–Crippen LogP) is 2.59. The summed E-state index contributed by atoms with van der Waals surface area (Å²) in [5.74, 6) is -1.85. The molecule has 2 unspecified atom stereocenters. The number of carboxylic acids is 1. The van der Waals surface area contributed by atoms with Gasteiger partial charge in [-0.3, -0.25) is 4.90 Å². The van der Waals surface area contributed by atoms with Gasteiger partial charge in [0.2, 0.25) is 0 Å². The second-order valence-electron chi connectivity index (χ2n) is 6.09. The molecule has 2 saturated heterocycles. The molecule has 2 aliphatic rings. The number of aromatic carboxylic acids is 1. The quantitative estimate of drug-likeness (QED) is 0.910. The number of piperidine rings is 1.